The fourth-order valence-corrected chi connectivity index (χ4v) is 3.78. The average Bonchev–Trinajstić information content (AvgIpc) is 3.00. The van der Waals surface area contributed by atoms with E-state index < -0.39 is 0 Å². The van der Waals surface area contributed by atoms with Gasteiger partial charge in [0.25, 0.3) is 5.91 Å². The second-order valence-corrected chi connectivity index (χ2v) is 7.00. The van der Waals surface area contributed by atoms with Crippen molar-refractivity contribution in [3.63, 3.8) is 0 Å². The van der Waals surface area contributed by atoms with Gasteiger partial charge in [0.2, 0.25) is 0 Å². The normalized spacial score (nSPS) is 16.0. The standard InChI is InChI=1S/C21H24N4O2/c1-13-14(2)25-12-17(21(27)22-10-11-26)16-8-9-18(15-6-4-3-5-7-15)24-19(16)20(25)23-13/h3-7,12,18,24,26H,8-11H2,1-2H3,(H,22,27). The van der Waals surface area contributed by atoms with Gasteiger partial charge in [0.05, 0.1) is 29.6 Å². The molecule has 1 atom stereocenters. The number of carbonyl (C=O) groups is 1. The zero-order valence-electron chi connectivity index (χ0n) is 15.6. The van der Waals surface area contributed by atoms with Crippen LogP contribution >= 0.6 is 0 Å². The summed E-state index contributed by atoms with van der Waals surface area (Å²) >= 11 is 0. The second kappa shape index (κ2) is 7.04. The molecule has 3 heterocycles. The molecule has 6 heteroatoms. The van der Waals surface area contributed by atoms with Gasteiger partial charge in [0.1, 0.15) is 0 Å². The highest BCUT2D eigenvalue weighted by Crippen LogP contribution is 2.37. The molecule has 1 amide bonds. The molecule has 1 aliphatic heterocycles. The number of hydrogen-bond donors (Lipinski definition) is 3. The SMILES string of the molecule is Cc1nc2c3c(c(C(=O)NCCO)cn2c1C)CCC(c1ccccc1)N3. The molecule has 2 aromatic heterocycles. The third kappa shape index (κ3) is 3.06. The van der Waals surface area contributed by atoms with E-state index in [1.807, 2.05) is 42.6 Å². The lowest BCUT2D eigenvalue weighted by Crippen LogP contribution is -2.29. The van der Waals surface area contributed by atoms with Gasteiger partial charge >= 0.3 is 0 Å². The number of anilines is 1. The Morgan fingerprint density at radius 2 is 2.11 bits per heavy atom. The van der Waals surface area contributed by atoms with E-state index in [4.69, 9.17) is 10.1 Å². The van der Waals surface area contributed by atoms with Gasteiger partial charge < -0.3 is 20.1 Å². The Kier molecular flexibility index (Phi) is 4.58. The molecule has 0 aliphatic carbocycles. The molecule has 1 aromatic carbocycles. The number of hydrogen-bond acceptors (Lipinski definition) is 4. The maximum atomic E-state index is 12.7. The van der Waals surface area contributed by atoms with Crippen LogP contribution in [-0.2, 0) is 6.42 Å². The summed E-state index contributed by atoms with van der Waals surface area (Å²) in [6, 6.07) is 10.5. The van der Waals surface area contributed by atoms with Gasteiger partial charge in [0.15, 0.2) is 5.65 Å². The molecule has 0 bridgehead atoms. The predicted octanol–water partition coefficient (Wildman–Crippen LogP) is 2.77. The summed E-state index contributed by atoms with van der Waals surface area (Å²) in [5, 5.41) is 15.5. The molecule has 0 fully saturated rings. The van der Waals surface area contributed by atoms with E-state index in [2.05, 4.69) is 22.8 Å². The largest absolute Gasteiger partial charge is 0.395 e. The first-order chi connectivity index (χ1) is 13.1. The molecule has 0 radical (unpaired) electrons. The zero-order chi connectivity index (χ0) is 19.0. The Morgan fingerprint density at radius 3 is 2.85 bits per heavy atom. The fourth-order valence-electron chi connectivity index (χ4n) is 3.78. The highest BCUT2D eigenvalue weighted by atomic mass is 16.3. The topological polar surface area (TPSA) is 78.7 Å². The quantitative estimate of drug-likeness (QED) is 0.665. The van der Waals surface area contributed by atoms with Crippen LogP contribution in [0.5, 0.6) is 0 Å². The van der Waals surface area contributed by atoms with Crippen LogP contribution in [0.3, 0.4) is 0 Å². The number of aromatic nitrogens is 2. The fraction of sp³-hybridized carbons (Fsp3) is 0.333. The molecule has 0 saturated carbocycles. The van der Waals surface area contributed by atoms with Crippen molar-refractivity contribution in [2.45, 2.75) is 32.7 Å². The number of amides is 1. The molecule has 0 saturated heterocycles. The lowest BCUT2D eigenvalue weighted by molar-refractivity contribution is 0.0943. The highest BCUT2D eigenvalue weighted by Gasteiger charge is 2.27. The molecular formula is C21H24N4O2. The van der Waals surface area contributed by atoms with Crippen molar-refractivity contribution >= 4 is 17.2 Å². The van der Waals surface area contributed by atoms with E-state index in [0.717, 1.165) is 41.1 Å². The van der Waals surface area contributed by atoms with E-state index in [1.54, 1.807) is 0 Å². The molecular weight excluding hydrogens is 340 g/mol. The molecule has 0 spiro atoms. The van der Waals surface area contributed by atoms with Gasteiger partial charge in [0, 0.05) is 18.4 Å². The van der Waals surface area contributed by atoms with Crippen molar-refractivity contribution in [2.75, 3.05) is 18.5 Å². The molecule has 4 rings (SSSR count). The number of rotatable bonds is 4. The Morgan fingerprint density at radius 1 is 1.33 bits per heavy atom. The van der Waals surface area contributed by atoms with Crippen molar-refractivity contribution in [1.29, 1.82) is 0 Å². The van der Waals surface area contributed by atoms with Crippen molar-refractivity contribution in [3.8, 4) is 0 Å². The van der Waals surface area contributed by atoms with Crippen LogP contribution in [0.4, 0.5) is 5.69 Å². The van der Waals surface area contributed by atoms with Crippen molar-refractivity contribution < 1.29 is 9.90 Å². The van der Waals surface area contributed by atoms with Crippen molar-refractivity contribution in [2.24, 2.45) is 0 Å². The number of aliphatic hydroxyl groups is 1. The first kappa shape index (κ1) is 17.5. The lowest BCUT2D eigenvalue weighted by atomic mass is 9.91. The lowest BCUT2D eigenvalue weighted by Gasteiger charge is -2.29. The van der Waals surface area contributed by atoms with Crippen molar-refractivity contribution in [1.82, 2.24) is 14.7 Å². The van der Waals surface area contributed by atoms with Crippen LogP contribution in [0.2, 0.25) is 0 Å². The van der Waals surface area contributed by atoms with Crippen LogP contribution in [-0.4, -0.2) is 33.6 Å². The number of imidazole rings is 1. The Hall–Kier alpha value is -2.86. The Labute approximate surface area is 158 Å². The third-order valence-electron chi connectivity index (χ3n) is 5.34. The minimum atomic E-state index is -0.159. The van der Waals surface area contributed by atoms with Crippen LogP contribution in [0.25, 0.3) is 5.65 Å². The summed E-state index contributed by atoms with van der Waals surface area (Å²) in [5.41, 5.74) is 6.64. The average molecular weight is 364 g/mol. The Balaban J connectivity index is 1.83. The summed E-state index contributed by atoms with van der Waals surface area (Å²) in [7, 11) is 0. The first-order valence-electron chi connectivity index (χ1n) is 9.32. The second-order valence-electron chi connectivity index (χ2n) is 7.00. The Bertz CT molecular complexity index is 995. The number of fused-ring (bicyclic) bond motifs is 3. The van der Waals surface area contributed by atoms with Gasteiger partial charge in [-0.05, 0) is 37.8 Å². The summed E-state index contributed by atoms with van der Waals surface area (Å²) in [6.45, 7) is 4.16. The smallest absolute Gasteiger partial charge is 0.253 e. The molecule has 6 nitrogen and oxygen atoms in total. The van der Waals surface area contributed by atoms with E-state index in [9.17, 15) is 4.79 Å². The van der Waals surface area contributed by atoms with Crippen LogP contribution in [0, 0.1) is 13.8 Å². The molecule has 3 N–H and O–H groups in total. The third-order valence-corrected chi connectivity index (χ3v) is 5.34. The van der Waals surface area contributed by atoms with Gasteiger partial charge in [-0.3, -0.25) is 4.79 Å². The molecule has 1 unspecified atom stereocenters. The number of nitrogens with one attached hydrogen (secondary N) is 2. The van der Waals surface area contributed by atoms with E-state index in [-0.39, 0.29) is 25.1 Å². The van der Waals surface area contributed by atoms with E-state index >= 15 is 0 Å². The minimum Gasteiger partial charge on any atom is -0.395 e. The number of aliphatic hydroxyl groups excluding tert-OH is 1. The van der Waals surface area contributed by atoms with Gasteiger partial charge in [-0.15, -0.1) is 0 Å². The number of benzene rings is 1. The maximum Gasteiger partial charge on any atom is 0.253 e. The first-order valence-corrected chi connectivity index (χ1v) is 9.32. The van der Waals surface area contributed by atoms with Gasteiger partial charge in [-0.1, -0.05) is 30.3 Å². The number of aryl methyl sites for hydroxylation is 2. The highest BCUT2D eigenvalue weighted by molar-refractivity contribution is 5.98. The number of carbonyl (C=O) groups excluding carboxylic acids is 1. The summed E-state index contributed by atoms with van der Waals surface area (Å²) in [4.78, 5) is 17.5. The number of pyridine rings is 1. The van der Waals surface area contributed by atoms with Crippen LogP contribution in [0.1, 0.15) is 45.3 Å². The molecule has 1 aliphatic rings. The molecule has 27 heavy (non-hydrogen) atoms. The van der Waals surface area contributed by atoms with Crippen LogP contribution in [0.15, 0.2) is 36.5 Å². The van der Waals surface area contributed by atoms with Gasteiger partial charge in [-0.2, -0.15) is 0 Å². The molecule has 3 aromatic rings. The minimum absolute atomic E-state index is 0.0757. The van der Waals surface area contributed by atoms with Crippen molar-refractivity contribution in [3.05, 3.63) is 64.6 Å². The van der Waals surface area contributed by atoms with E-state index in [0.29, 0.717) is 5.56 Å². The summed E-state index contributed by atoms with van der Waals surface area (Å²) in [6.07, 6.45) is 3.58. The van der Waals surface area contributed by atoms with Crippen LogP contribution < -0.4 is 10.6 Å². The predicted molar refractivity (Wildman–Crippen MR) is 105 cm³/mol. The monoisotopic (exact) mass is 364 g/mol. The summed E-state index contributed by atoms with van der Waals surface area (Å²) < 4.78 is 1.99. The summed E-state index contributed by atoms with van der Waals surface area (Å²) in [5.74, 6) is -0.159. The maximum absolute atomic E-state index is 12.7. The van der Waals surface area contributed by atoms with Gasteiger partial charge in [-0.25, -0.2) is 4.98 Å². The molecule has 140 valence electrons. The van der Waals surface area contributed by atoms with E-state index in [1.165, 1.54) is 5.56 Å². The number of nitrogens with zero attached hydrogens (tertiary/aromatic N) is 2. The zero-order valence-corrected chi connectivity index (χ0v) is 15.6.